The molecule has 0 amide bonds. The predicted molar refractivity (Wildman–Crippen MR) is 58.5 cm³/mol. The Morgan fingerprint density at radius 3 is 2.79 bits per heavy atom. The predicted octanol–water partition coefficient (Wildman–Crippen LogP) is 0.648. The molecule has 0 radical (unpaired) electrons. The number of para-hydroxylation sites is 1. The van der Waals surface area contributed by atoms with Gasteiger partial charge in [0, 0.05) is 0 Å². The van der Waals surface area contributed by atoms with Crippen molar-refractivity contribution in [3.63, 3.8) is 0 Å². The van der Waals surface area contributed by atoms with Crippen molar-refractivity contribution in [3.8, 4) is 18.1 Å². The number of terminal acetylenes is 1. The lowest BCUT2D eigenvalue weighted by Crippen LogP contribution is -2.13. The number of rotatable bonds is 3. The van der Waals surface area contributed by atoms with Crippen LogP contribution in [0.3, 0.4) is 0 Å². The normalized spacial score (nSPS) is 14.0. The van der Waals surface area contributed by atoms with Gasteiger partial charge in [-0.2, -0.15) is 0 Å². The lowest BCUT2D eigenvalue weighted by molar-refractivity contribution is 0.361. The molecule has 14 heavy (non-hydrogen) atoms. The van der Waals surface area contributed by atoms with Crippen molar-refractivity contribution in [3.05, 3.63) is 24.3 Å². The number of benzene rings is 1. The minimum Gasteiger partial charge on any atom is -0.480 e. The van der Waals surface area contributed by atoms with Gasteiger partial charge in [0.25, 0.3) is 0 Å². The van der Waals surface area contributed by atoms with E-state index in [9.17, 15) is 4.21 Å². The van der Waals surface area contributed by atoms with E-state index in [2.05, 4.69) is 11.8 Å². The van der Waals surface area contributed by atoms with Gasteiger partial charge >= 0.3 is 0 Å². The van der Waals surface area contributed by atoms with E-state index in [4.69, 9.17) is 16.3 Å². The van der Waals surface area contributed by atoms with Crippen LogP contribution < -0.4 is 9.88 Å². The molecule has 1 atom stereocenters. The Labute approximate surface area is 84.0 Å². The zero-order chi connectivity index (χ0) is 10.6. The molecule has 0 spiro atoms. The number of ether oxygens (including phenoxy) is 1. The molecule has 0 fully saturated rings. The maximum atomic E-state index is 11.5. The molecule has 3 nitrogen and oxygen atoms in total. The first-order valence-electron chi connectivity index (χ1n) is 3.86. The molecular weight excluding hydrogens is 198 g/mol. The van der Waals surface area contributed by atoms with Gasteiger partial charge in [-0.1, -0.05) is 18.1 Å². The average Bonchev–Trinajstić information content (AvgIpc) is 2.14. The van der Waals surface area contributed by atoms with Crippen LogP contribution in [0.15, 0.2) is 29.2 Å². The van der Waals surface area contributed by atoms with Crippen molar-refractivity contribution >= 4 is 15.6 Å². The Balaban J connectivity index is 3.12. The summed E-state index contributed by atoms with van der Waals surface area (Å²) in [7, 11) is -2.76. The Morgan fingerprint density at radius 2 is 2.21 bits per heavy atom. The van der Waals surface area contributed by atoms with Crippen LogP contribution >= 0.6 is 0 Å². The van der Waals surface area contributed by atoms with Gasteiger partial charge in [-0.3, -0.25) is 5.14 Å². The van der Waals surface area contributed by atoms with Gasteiger partial charge in [-0.25, -0.2) is 4.21 Å². The molecule has 0 aliphatic rings. The largest absolute Gasteiger partial charge is 0.480 e. The molecule has 0 aliphatic heterocycles. The van der Waals surface area contributed by atoms with E-state index in [0.717, 1.165) is 0 Å². The summed E-state index contributed by atoms with van der Waals surface area (Å²) >= 11 is 0. The first kappa shape index (κ1) is 10.6. The lowest BCUT2D eigenvalue weighted by atomic mass is 10.3. The van der Waals surface area contributed by atoms with E-state index in [1.807, 2.05) is 0 Å². The van der Waals surface area contributed by atoms with Gasteiger partial charge in [-0.05, 0) is 18.0 Å². The fraction of sp³-hybridized carbons (Fsp3) is 0.100. The molecule has 0 aliphatic carbocycles. The molecule has 1 rings (SSSR count). The lowest BCUT2D eigenvalue weighted by Gasteiger charge is -2.09. The second kappa shape index (κ2) is 4.18. The summed E-state index contributed by atoms with van der Waals surface area (Å²) in [6.45, 7) is 0.118. The maximum absolute atomic E-state index is 11.5. The third-order valence-corrected chi connectivity index (χ3v) is 2.61. The van der Waals surface area contributed by atoms with E-state index in [1.54, 1.807) is 24.3 Å². The Kier molecular flexibility index (Phi) is 3.18. The first-order valence-corrected chi connectivity index (χ1v) is 5.65. The van der Waals surface area contributed by atoms with Gasteiger partial charge in [-0.15, -0.1) is 6.42 Å². The number of hydrogen-bond acceptors (Lipinski definition) is 2. The summed E-state index contributed by atoms with van der Waals surface area (Å²) in [5.41, 5.74) is 0. The van der Waals surface area contributed by atoms with Crippen molar-refractivity contribution < 1.29 is 8.95 Å². The van der Waals surface area contributed by atoms with Crippen molar-refractivity contribution in [2.24, 2.45) is 5.14 Å². The second-order valence-corrected chi connectivity index (χ2v) is 4.56. The summed E-state index contributed by atoms with van der Waals surface area (Å²) in [6.07, 6.45) is 5.04. The molecule has 2 N–H and O–H groups in total. The van der Waals surface area contributed by atoms with Crippen LogP contribution in [0, 0.1) is 12.3 Å². The standard InChI is InChI=1S/C10H11NO2S/c1-3-8-13-9-6-4-5-7-10(9)14(2,11)12/h1,4-7H,2,8H2,(H2,11,12). The van der Waals surface area contributed by atoms with Gasteiger partial charge in [0.1, 0.15) is 12.4 Å². The molecule has 1 unspecified atom stereocenters. The smallest absolute Gasteiger partial charge is 0.148 e. The first-order chi connectivity index (χ1) is 6.55. The van der Waals surface area contributed by atoms with E-state index in [1.165, 1.54) is 0 Å². The van der Waals surface area contributed by atoms with Crippen LogP contribution in [0.5, 0.6) is 5.75 Å². The average molecular weight is 209 g/mol. The molecular formula is C10H11NO2S. The van der Waals surface area contributed by atoms with Crippen LogP contribution in [-0.4, -0.2) is 16.7 Å². The van der Waals surface area contributed by atoms with Crippen molar-refractivity contribution in [2.45, 2.75) is 4.90 Å². The van der Waals surface area contributed by atoms with Crippen molar-refractivity contribution in [1.29, 1.82) is 0 Å². The van der Waals surface area contributed by atoms with E-state index >= 15 is 0 Å². The maximum Gasteiger partial charge on any atom is 0.148 e. The minimum atomic E-state index is -2.76. The fourth-order valence-corrected chi connectivity index (χ4v) is 1.75. The Morgan fingerprint density at radius 1 is 1.57 bits per heavy atom. The highest BCUT2D eigenvalue weighted by atomic mass is 32.2. The summed E-state index contributed by atoms with van der Waals surface area (Å²) in [5, 5.41) is 5.41. The summed E-state index contributed by atoms with van der Waals surface area (Å²) < 4.78 is 16.7. The molecule has 0 saturated carbocycles. The summed E-state index contributed by atoms with van der Waals surface area (Å²) in [5.74, 6) is 6.13. The SMILES string of the molecule is C#CCOc1ccccc1S(=C)(N)=O. The monoisotopic (exact) mass is 209 g/mol. The topological polar surface area (TPSA) is 52.3 Å². The van der Waals surface area contributed by atoms with Crippen LogP contribution in [0.4, 0.5) is 0 Å². The molecule has 0 saturated heterocycles. The van der Waals surface area contributed by atoms with Gasteiger partial charge < -0.3 is 4.74 Å². The van der Waals surface area contributed by atoms with Crippen molar-refractivity contribution in [1.82, 2.24) is 0 Å². The zero-order valence-electron chi connectivity index (χ0n) is 7.60. The number of nitrogens with two attached hydrogens (primary N) is 1. The van der Waals surface area contributed by atoms with Gasteiger partial charge in [0.15, 0.2) is 0 Å². The van der Waals surface area contributed by atoms with E-state index < -0.39 is 9.71 Å². The molecule has 4 heteroatoms. The Hall–Kier alpha value is -1.44. The molecule has 0 bridgehead atoms. The second-order valence-electron chi connectivity index (χ2n) is 2.67. The van der Waals surface area contributed by atoms with Gasteiger partial charge in [0.2, 0.25) is 0 Å². The highest BCUT2D eigenvalue weighted by Crippen LogP contribution is 2.21. The third-order valence-electron chi connectivity index (χ3n) is 1.53. The fourth-order valence-electron chi connectivity index (χ4n) is 0.974. The van der Waals surface area contributed by atoms with Crippen molar-refractivity contribution in [2.75, 3.05) is 6.61 Å². The highest BCUT2D eigenvalue weighted by molar-refractivity contribution is 7.98. The van der Waals surface area contributed by atoms with Gasteiger partial charge in [0.05, 0.1) is 14.6 Å². The summed E-state index contributed by atoms with van der Waals surface area (Å²) in [4.78, 5) is 0.384. The Bertz CT molecular complexity index is 457. The molecule has 1 aromatic carbocycles. The van der Waals surface area contributed by atoms with Crippen LogP contribution in [-0.2, 0) is 9.71 Å². The third kappa shape index (κ3) is 2.52. The van der Waals surface area contributed by atoms with E-state index in [0.29, 0.717) is 10.6 Å². The molecule has 0 heterocycles. The van der Waals surface area contributed by atoms with Crippen LogP contribution in [0.1, 0.15) is 0 Å². The molecule has 74 valence electrons. The molecule has 0 aromatic heterocycles. The van der Waals surface area contributed by atoms with Crippen LogP contribution in [0.2, 0.25) is 0 Å². The van der Waals surface area contributed by atoms with Crippen LogP contribution in [0.25, 0.3) is 0 Å². The minimum absolute atomic E-state index is 0.118. The summed E-state index contributed by atoms with van der Waals surface area (Å²) in [6, 6.07) is 6.74. The highest BCUT2D eigenvalue weighted by Gasteiger charge is 2.08. The quantitative estimate of drug-likeness (QED) is 0.587. The zero-order valence-corrected chi connectivity index (χ0v) is 8.42. The molecule has 1 aromatic rings. The van der Waals surface area contributed by atoms with E-state index in [-0.39, 0.29) is 6.61 Å². The number of hydrogen-bond donors (Lipinski definition) is 1.